The molecule has 2 N–H and O–H groups in total. The fourth-order valence-electron chi connectivity index (χ4n) is 3.58. The number of hydrogen-bond acceptors (Lipinski definition) is 5. The third kappa shape index (κ3) is 4.30. The average molecular weight is 388 g/mol. The maximum atomic E-state index is 13.0. The van der Waals surface area contributed by atoms with Crippen molar-refractivity contribution in [2.24, 2.45) is 0 Å². The van der Waals surface area contributed by atoms with Crippen LogP contribution in [-0.4, -0.2) is 29.9 Å². The smallest absolute Gasteiger partial charge is 0.348 e. The van der Waals surface area contributed by atoms with E-state index < -0.39 is 5.54 Å². The Morgan fingerprint density at radius 1 is 1.15 bits per heavy atom. The molecule has 2 amide bonds. The van der Waals surface area contributed by atoms with Crippen LogP contribution in [0.3, 0.4) is 0 Å². The maximum absolute atomic E-state index is 13.0. The van der Waals surface area contributed by atoms with Gasteiger partial charge in [-0.05, 0) is 49.4 Å². The number of benzene rings is 1. The first-order valence-corrected chi connectivity index (χ1v) is 10.1. The molecule has 1 aliphatic carbocycles. The highest BCUT2D eigenvalue weighted by atomic mass is 32.1. The van der Waals surface area contributed by atoms with Crippen molar-refractivity contribution in [3.63, 3.8) is 0 Å². The maximum Gasteiger partial charge on any atom is 0.348 e. The third-order valence-corrected chi connectivity index (χ3v) is 5.90. The second-order valence-corrected chi connectivity index (χ2v) is 7.95. The highest BCUT2D eigenvalue weighted by Crippen LogP contribution is 2.32. The van der Waals surface area contributed by atoms with Crippen LogP contribution in [0, 0.1) is 0 Å². The molecule has 0 bridgehead atoms. The topological polar surface area (TPSA) is 84.5 Å². The molecule has 1 aliphatic rings. The molecule has 0 atom stereocenters. The van der Waals surface area contributed by atoms with Crippen LogP contribution in [0.5, 0.6) is 0 Å². The Hall–Kier alpha value is -2.41. The normalized spacial score (nSPS) is 15.9. The lowest BCUT2D eigenvalue weighted by Gasteiger charge is -2.36. The molecule has 0 spiro atoms. The molecule has 2 aromatic rings. The molecule has 1 heterocycles. The minimum Gasteiger partial charge on any atom is -0.462 e. The SMILES string of the molecule is CCOC(=O)c1cc2cc(NC(=O)C3(NC(C)=O)CCCCC3)ccc2s1. The molecule has 1 saturated carbocycles. The van der Waals surface area contributed by atoms with Crippen molar-refractivity contribution in [2.45, 2.75) is 51.5 Å². The van der Waals surface area contributed by atoms with Gasteiger partial charge in [0.05, 0.1) is 6.61 Å². The number of amides is 2. The standard InChI is InChI=1S/C20H24N2O4S/c1-3-26-18(24)17-12-14-11-15(7-8-16(14)27-17)21-19(25)20(22-13(2)23)9-5-4-6-10-20/h7-8,11-12H,3-6,9-10H2,1-2H3,(H,21,25)(H,22,23). The van der Waals surface area contributed by atoms with E-state index >= 15 is 0 Å². The molecule has 1 aromatic carbocycles. The third-order valence-electron chi connectivity index (χ3n) is 4.81. The summed E-state index contributed by atoms with van der Waals surface area (Å²) in [6.07, 6.45) is 4.20. The van der Waals surface area contributed by atoms with E-state index in [0.717, 1.165) is 29.3 Å². The van der Waals surface area contributed by atoms with Gasteiger partial charge >= 0.3 is 5.97 Å². The fraction of sp³-hybridized carbons (Fsp3) is 0.450. The first-order chi connectivity index (χ1) is 12.9. The second-order valence-electron chi connectivity index (χ2n) is 6.86. The van der Waals surface area contributed by atoms with E-state index in [1.54, 1.807) is 13.0 Å². The van der Waals surface area contributed by atoms with Gasteiger partial charge in [-0.15, -0.1) is 11.3 Å². The van der Waals surface area contributed by atoms with E-state index in [9.17, 15) is 14.4 Å². The van der Waals surface area contributed by atoms with Crippen molar-refractivity contribution in [3.8, 4) is 0 Å². The van der Waals surface area contributed by atoms with Crippen LogP contribution in [0.4, 0.5) is 5.69 Å². The zero-order valence-electron chi connectivity index (χ0n) is 15.6. The molecule has 0 radical (unpaired) electrons. The van der Waals surface area contributed by atoms with Gasteiger partial charge in [0.2, 0.25) is 11.8 Å². The van der Waals surface area contributed by atoms with Gasteiger partial charge in [0, 0.05) is 17.3 Å². The van der Waals surface area contributed by atoms with Gasteiger partial charge in [-0.2, -0.15) is 0 Å². The van der Waals surface area contributed by atoms with Crippen molar-refractivity contribution >= 4 is 44.9 Å². The summed E-state index contributed by atoms with van der Waals surface area (Å²) in [5, 5.41) is 6.70. The number of nitrogens with one attached hydrogen (secondary N) is 2. The molecule has 1 fully saturated rings. The fourth-order valence-corrected chi connectivity index (χ4v) is 4.51. The Labute approximate surface area is 162 Å². The summed E-state index contributed by atoms with van der Waals surface area (Å²) < 4.78 is 5.99. The largest absolute Gasteiger partial charge is 0.462 e. The van der Waals surface area contributed by atoms with E-state index in [0.29, 0.717) is 30.0 Å². The Morgan fingerprint density at radius 2 is 1.89 bits per heavy atom. The predicted molar refractivity (Wildman–Crippen MR) is 106 cm³/mol. The summed E-state index contributed by atoms with van der Waals surface area (Å²) >= 11 is 1.36. The van der Waals surface area contributed by atoms with Crippen LogP contribution in [-0.2, 0) is 14.3 Å². The minimum absolute atomic E-state index is 0.183. The lowest BCUT2D eigenvalue weighted by molar-refractivity contribution is -0.130. The molecular weight excluding hydrogens is 364 g/mol. The second kappa shape index (κ2) is 8.08. The summed E-state index contributed by atoms with van der Waals surface area (Å²) in [5.74, 6) is -0.715. The van der Waals surface area contributed by atoms with Crippen LogP contribution in [0.2, 0.25) is 0 Å². The van der Waals surface area contributed by atoms with E-state index in [-0.39, 0.29) is 17.8 Å². The molecule has 27 heavy (non-hydrogen) atoms. The number of anilines is 1. The van der Waals surface area contributed by atoms with Crippen LogP contribution >= 0.6 is 11.3 Å². The highest BCUT2D eigenvalue weighted by molar-refractivity contribution is 7.20. The number of carbonyl (C=O) groups excluding carboxylic acids is 3. The van der Waals surface area contributed by atoms with Crippen LogP contribution in [0.25, 0.3) is 10.1 Å². The molecule has 7 heteroatoms. The van der Waals surface area contributed by atoms with Crippen molar-refractivity contribution in [3.05, 3.63) is 29.1 Å². The van der Waals surface area contributed by atoms with Crippen molar-refractivity contribution in [1.29, 1.82) is 0 Å². The number of esters is 1. The number of ether oxygens (including phenoxy) is 1. The summed E-state index contributed by atoms with van der Waals surface area (Å²) in [4.78, 5) is 37.0. The van der Waals surface area contributed by atoms with E-state index in [1.807, 2.05) is 18.2 Å². The minimum atomic E-state index is -0.843. The molecule has 3 rings (SSSR count). The molecule has 6 nitrogen and oxygen atoms in total. The summed E-state index contributed by atoms with van der Waals surface area (Å²) in [7, 11) is 0. The van der Waals surface area contributed by atoms with Gasteiger partial charge in [0.15, 0.2) is 0 Å². The van der Waals surface area contributed by atoms with Gasteiger partial charge in [-0.25, -0.2) is 4.79 Å². The number of hydrogen-bond donors (Lipinski definition) is 2. The Bertz CT molecular complexity index is 868. The van der Waals surface area contributed by atoms with Gasteiger partial charge in [-0.1, -0.05) is 19.3 Å². The van der Waals surface area contributed by atoms with Crippen LogP contribution < -0.4 is 10.6 Å². The molecule has 0 saturated heterocycles. The summed E-state index contributed by atoms with van der Waals surface area (Å²) in [5.41, 5.74) is -0.194. The monoisotopic (exact) mass is 388 g/mol. The van der Waals surface area contributed by atoms with Crippen LogP contribution in [0.1, 0.15) is 55.6 Å². The first kappa shape index (κ1) is 19.4. The van der Waals surface area contributed by atoms with Crippen molar-refractivity contribution < 1.29 is 19.1 Å². The Balaban J connectivity index is 1.81. The number of rotatable bonds is 5. The van der Waals surface area contributed by atoms with Gasteiger partial charge in [0.25, 0.3) is 0 Å². The number of fused-ring (bicyclic) bond motifs is 1. The molecule has 144 valence electrons. The van der Waals surface area contributed by atoms with E-state index in [1.165, 1.54) is 18.3 Å². The number of carbonyl (C=O) groups is 3. The average Bonchev–Trinajstić information content (AvgIpc) is 3.05. The van der Waals surface area contributed by atoms with Gasteiger partial charge in [0.1, 0.15) is 10.4 Å². The van der Waals surface area contributed by atoms with Crippen molar-refractivity contribution in [1.82, 2.24) is 5.32 Å². The molecule has 1 aromatic heterocycles. The first-order valence-electron chi connectivity index (χ1n) is 9.24. The van der Waals surface area contributed by atoms with E-state index in [2.05, 4.69) is 10.6 Å². The Morgan fingerprint density at radius 3 is 2.56 bits per heavy atom. The van der Waals surface area contributed by atoms with E-state index in [4.69, 9.17) is 4.74 Å². The summed E-state index contributed by atoms with van der Waals surface area (Å²) in [6, 6.07) is 7.31. The zero-order chi connectivity index (χ0) is 19.4. The lowest BCUT2D eigenvalue weighted by atomic mass is 9.80. The predicted octanol–water partition coefficient (Wildman–Crippen LogP) is 3.86. The summed E-state index contributed by atoms with van der Waals surface area (Å²) in [6.45, 7) is 3.55. The highest BCUT2D eigenvalue weighted by Gasteiger charge is 2.40. The lowest BCUT2D eigenvalue weighted by Crippen LogP contribution is -2.57. The molecule has 0 unspecified atom stereocenters. The van der Waals surface area contributed by atoms with Gasteiger partial charge < -0.3 is 15.4 Å². The molecular formula is C20H24N2O4S. The number of thiophene rings is 1. The van der Waals surface area contributed by atoms with Gasteiger partial charge in [-0.3, -0.25) is 9.59 Å². The Kier molecular flexibility index (Phi) is 5.79. The zero-order valence-corrected chi connectivity index (χ0v) is 16.4. The van der Waals surface area contributed by atoms with Crippen LogP contribution in [0.15, 0.2) is 24.3 Å². The quantitative estimate of drug-likeness (QED) is 0.762. The van der Waals surface area contributed by atoms with Crippen molar-refractivity contribution in [2.75, 3.05) is 11.9 Å². The molecule has 0 aliphatic heterocycles.